The number of carbonyl (C=O) groups is 1. The number of benzene rings is 3. The van der Waals surface area contributed by atoms with Crippen LogP contribution in [-0.4, -0.2) is 15.9 Å². The van der Waals surface area contributed by atoms with E-state index in [0.717, 1.165) is 10.9 Å². The van der Waals surface area contributed by atoms with Crippen molar-refractivity contribution in [1.29, 1.82) is 0 Å². The molecule has 136 valence electrons. The second-order valence-electron chi connectivity index (χ2n) is 5.83. The van der Waals surface area contributed by atoms with Crippen molar-refractivity contribution in [2.45, 2.75) is 6.92 Å². The molecule has 0 saturated carbocycles. The standard InChI is InChI=1S/C19H14ClN3O3S/c1-11-8-9-16(17(10-11)23(25)26)21-19(27)22-18(24)14-6-2-5-13-12(14)4-3-7-15(13)20/h2-10H,1H3,(H2,21,22,24,27). The summed E-state index contributed by atoms with van der Waals surface area (Å²) >= 11 is 11.3. The maximum absolute atomic E-state index is 12.6. The molecule has 3 aromatic carbocycles. The fourth-order valence-electron chi connectivity index (χ4n) is 2.69. The molecule has 6 nitrogen and oxygen atoms in total. The van der Waals surface area contributed by atoms with Crippen LogP contribution >= 0.6 is 23.8 Å². The van der Waals surface area contributed by atoms with Crippen LogP contribution in [0.15, 0.2) is 54.6 Å². The van der Waals surface area contributed by atoms with Gasteiger partial charge in [0.1, 0.15) is 5.69 Å². The monoisotopic (exact) mass is 399 g/mol. The van der Waals surface area contributed by atoms with Crippen molar-refractivity contribution < 1.29 is 9.72 Å². The van der Waals surface area contributed by atoms with Crippen molar-refractivity contribution in [1.82, 2.24) is 5.32 Å². The lowest BCUT2D eigenvalue weighted by molar-refractivity contribution is -0.383. The third kappa shape index (κ3) is 4.05. The summed E-state index contributed by atoms with van der Waals surface area (Å²) in [6, 6.07) is 15.2. The van der Waals surface area contributed by atoms with Gasteiger partial charge in [0.25, 0.3) is 11.6 Å². The summed E-state index contributed by atoms with van der Waals surface area (Å²) in [6.45, 7) is 1.75. The van der Waals surface area contributed by atoms with Crippen molar-refractivity contribution >= 4 is 57.0 Å². The van der Waals surface area contributed by atoms with E-state index in [9.17, 15) is 14.9 Å². The van der Waals surface area contributed by atoms with Crippen molar-refractivity contribution in [3.63, 3.8) is 0 Å². The molecule has 0 aliphatic heterocycles. The molecule has 0 heterocycles. The number of anilines is 1. The average Bonchev–Trinajstić information content (AvgIpc) is 2.63. The van der Waals surface area contributed by atoms with Gasteiger partial charge in [-0.2, -0.15) is 0 Å². The number of amides is 1. The van der Waals surface area contributed by atoms with Crippen molar-refractivity contribution in [2.24, 2.45) is 0 Å². The number of aryl methyl sites for hydroxylation is 1. The summed E-state index contributed by atoms with van der Waals surface area (Å²) < 4.78 is 0. The van der Waals surface area contributed by atoms with Gasteiger partial charge in [0.05, 0.1) is 4.92 Å². The molecule has 0 bridgehead atoms. The Balaban J connectivity index is 1.83. The lowest BCUT2D eigenvalue weighted by Crippen LogP contribution is -2.34. The molecule has 1 amide bonds. The minimum Gasteiger partial charge on any atom is -0.327 e. The Labute approximate surface area is 165 Å². The van der Waals surface area contributed by atoms with Gasteiger partial charge in [-0.15, -0.1) is 0 Å². The van der Waals surface area contributed by atoms with E-state index in [1.165, 1.54) is 6.07 Å². The molecule has 0 aliphatic rings. The number of hydrogen-bond acceptors (Lipinski definition) is 4. The molecule has 0 spiro atoms. The summed E-state index contributed by atoms with van der Waals surface area (Å²) in [5.74, 6) is -0.435. The Morgan fingerprint density at radius 3 is 2.56 bits per heavy atom. The van der Waals surface area contributed by atoms with Gasteiger partial charge in [-0.25, -0.2) is 0 Å². The molecular formula is C19H14ClN3O3S. The predicted octanol–water partition coefficient (Wildman–Crippen LogP) is 4.84. The number of rotatable bonds is 3. The average molecular weight is 400 g/mol. The summed E-state index contributed by atoms with van der Waals surface area (Å²) in [4.78, 5) is 23.3. The zero-order chi connectivity index (χ0) is 19.6. The molecule has 0 saturated heterocycles. The van der Waals surface area contributed by atoms with E-state index in [-0.39, 0.29) is 16.5 Å². The highest BCUT2D eigenvalue weighted by molar-refractivity contribution is 7.80. The number of fused-ring (bicyclic) bond motifs is 1. The first-order valence-electron chi connectivity index (χ1n) is 7.91. The van der Waals surface area contributed by atoms with E-state index in [0.29, 0.717) is 16.0 Å². The van der Waals surface area contributed by atoms with Crippen LogP contribution in [-0.2, 0) is 0 Å². The van der Waals surface area contributed by atoms with E-state index in [2.05, 4.69) is 10.6 Å². The lowest BCUT2D eigenvalue weighted by atomic mass is 10.0. The second kappa shape index (κ2) is 7.69. The maximum atomic E-state index is 12.6. The highest BCUT2D eigenvalue weighted by atomic mass is 35.5. The van der Waals surface area contributed by atoms with Crippen LogP contribution < -0.4 is 10.6 Å². The Morgan fingerprint density at radius 2 is 1.81 bits per heavy atom. The van der Waals surface area contributed by atoms with Gasteiger partial charge >= 0.3 is 0 Å². The molecule has 0 atom stereocenters. The molecule has 0 radical (unpaired) electrons. The number of halogens is 1. The summed E-state index contributed by atoms with van der Waals surface area (Å²) in [5, 5.41) is 18.4. The lowest BCUT2D eigenvalue weighted by Gasteiger charge is -2.12. The predicted molar refractivity (Wildman–Crippen MR) is 110 cm³/mol. The third-order valence-corrected chi connectivity index (χ3v) is 4.47. The summed E-state index contributed by atoms with van der Waals surface area (Å²) in [6.07, 6.45) is 0. The molecule has 27 heavy (non-hydrogen) atoms. The molecule has 0 aromatic heterocycles. The first-order valence-corrected chi connectivity index (χ1v) is 8.70. The molecule has 0 aliphatic carbocycles. The number of hydrogen-bond donors (Lipinski definition) is 2. The summed E-state index contributed by atoms with van der Waals surface area (Å²) in [7, 11) is 0. The van der Waals surface area contributed by atoms with Gasteiger partial charge < -0.3 is 5.32 Å². The topological polar surface area (TPSA) is 84.3 Å². The number of nitrogens with zero attached hydrogens (tertiary/aromatic N) is 1. The molecule has 3 rings (SSSR count). The number of nitro groups is 1. The van der Waals surface area contributed by atoms with Gasteiger partial charge in [-0.05, 0) is 48.3 Å². The highest BCUT2D eigenvalue weighted by Crippen LogP contribution is 2.27. The fraction of sp³-hybridized carbons (Fsp3) is 0.0526. The Morgan fingerprint density at radius 1 is 1.11 bits per heavy atom. The minimum absolute atomic E-state index is 0.0361. The maximum Gasteiger partial charge on any atom is 0.292 e. The SMILES string of the molecule is Cc1ccc(NC(=S)NC(=O)c2cccc3c(Cl)cccc23)c([N+](=O)[O-])c1. The molecule has 2 N–H and O–H groups in total. The van der Waals surface area contributed by atoms with Gasteiger partial charge in [0.15, 0.2) is 5.11 Å². The molecule has 0 fully saturated rings. The van der Waals surface area contributed by atoms with Crippen LogP contribution in [0, 0.1) is 17.0 Å². The second-order valence-corrected chi connectivity index (χ2v) is 6.64. The van der Waals surface area contributed by atoms with Crippen LogP contribution in [0.3, 0.4) is 0 Å². The Hall–Kier alpha value is -3.03. The quantitative estimate of drug-likeness (QED) is 0.374. The van der Waals surface area contributed by atoms with Crippen LogP contribution in [0.1, 0.15) is 15.9 Å². The number of nitrogens with one attached hydrogen (secondary N) is 2. The first-order chi connectivity index (χ1) is 12.9. The third-order valence-electron chi connectivity index (χ3n) is 3.94. The normalized spacial score (nSPS) is 10.4. The Kier molecular flexibility index (Phi) is 5.34. The van der Waals surface area contributed by atoms with E-state index in [4.69, 9.17) is 23.8 Å². The van der Waals surface area contributed by atoms with Crippen LogP contribution in [0.2, 0.25) is 5.02 Å². The van der Waals surface area contributed by atoms with Crippen molar-refractivity contribution in [2.75, 3.05) is 5.32 Å². The van der Waals surface area contributed by atoms with Crippen LogP contribution in [0.5, 0.6) is 0 Å². The van der Waals surface area contributed by atoms with Gasteiger partial charge in [0.2, 0.25) is 0 Å². The zero-order valence-corrected chi connectivity index (χ0v) is 15.7. The van der Waals surface area contributed by atoms with Gasteiger partial charge in [-0.1, -0.05) is 41.9 Å². The number of nitro benzene ring substituents is 1. The Bertz CT molecular complexity index is 1080. The van der Waals surface area contributed by atoms with E-state index in [1.54, 1.807) is 49.4 Å². The minimum atomic E-state index is -0.507. The van der Waals surface area contributed by atoms with Crippen LogP contribution in [0.4, 0.5) is 11.4 Å². The van der Waals surface area contributed by atoms with Crippen LogP contribution in [0.25, 0.3) is 10.8 Å². The van der Waals surface area contributed by atoms with Crippen molar-refractivity contribution in [3.8, 4) is 0 Å². The van der Waals surface area contributed by atoms with E-state index < -0.39 is 10.8 Å². The zero-order valence-electron chi connectivity index (χ0n) is 14.2. The first kappa shape index (κ1) is 18.8. The number of thiocarbonyl (C=S) groups is 1. The number of carbonyl (C=O) groups excluding carboxylic acids is 1. The van der Waals surface area contributed by atoms with E-state index >= 15 is 0 Å². The molecule has 0 unspecified atom stereocenters. The smallest absolute Gasteiger partial charge is 0.292 e. The van der Waals surface area contributed by atoms with Gasteiger partial charge in [0, 0.05) is 22.0 Å². The molecule has 8 heteroatoms. The highest BCUT2D eigenvalue weighted by Gasteiger charge is 2.17. The van der Waals surface area contributed by atoms with Gasteiger partial charge in [-0.3, -0.25) is 20.2 Å². The van der Waals surface area contributed by atoms with E-state index in [1.807, 2.05) is 6.07 Å². The van der Waals surface area contributed by atoms with Crippen molar-refractivity contribution in [3.05, 3.63) is 80.9 Å². The largest absolute Gasteiger partial charge is 0.327 e. The molecular weight excluding hydrogens is 386 g/mol. The summed E-state index contributed by atoms with van der Waals surface area (Å²) in [5.41, 5.74) is 1.23. The molecule has 3 aromatic rings. The fourth-order valence-corrected chi connectivity index (χ4v) is 3.13.